The van der Waals surface area contributed by atoms with Crippen molar-refractivity contribution in [3.63, 3.8) is 0 Å². The van der Waals surface area contributed by atoms with Gasteiger partial charge in [0.15, 0.2) is 0 Å². The molecule has 0 bridgehead atoms. The van der Waals surface area contributed by atoms with Crippen LogP contribution in [0.15, 0.2) is 0 Å². The number of hydrogen-bond acceptors (Lipinski definition) is 3. The second-order valence-corrected chi connectivity index (χ2v) is 3.57. The van der Waals surface area contributed by atoms with Crippen LogP contribution >= 0.6 is 7.60 Å². The zero-order valence-corrected chi connectivity index (χ0v) is 7.57. The third-order valence-corrected chi connectivity index (χ3v) is 1.47. The molecule has 0 spiro atoms. The molecule has 0 atom stereocenters. The molecule has 0 aliphatic carbocycles. The summed E-state index contributed by atoms with van der Waals surface area (Å²) in [7, 11) is -3.07. The highest BCUT2D eigenvalue weighted by Crippen LogP contribution is 2.42. The smallest absolute Gasteiger partial charge is 0.362 e. The number of hydrogen-bond donors (Lipinski definition) is 0. The summed E-state index contributed by atoms with van der Waals surface area (Å²) in [6, 6.07) is 0. The molecular weight excluding hydrogens is 163 g/mol. The first-order chi connectivity index (χ1) is 5.12. The Morgan fingerprint density at radius 2 is 1.45 bits per heavy atom. The van der Waals surface area contributed by atoms with E-state index in [1.807, 2.05) is 0 Å². The molecule has 0 N–H and O–H groups in total. The Hall–Kier alpha value is -1.05. The van der Waals surface area contributed by atoms with Crippen LogP contribution in [0.2, 0.25) is 0 Å². The van der Waals surface area contributed by atoms with Gasteiger partial charge >= 0.3 is 7.60 Å². The van der Waals surface area contributed by atoms with Crippen molar-refractivity contribution >= 4 is 7.60 Å². The van der Waals surface area contributed by atoms with E-state index in [0.717, 1.165) is 0 Å². The molecule has 11 heavy (non-hydrogen) atoms. The topological polar surface area (TPSA) is 35.5 Å². The summed E-state index contributed by atoms with van der Waals surface area (Å²) in [6.45, 7) is 4.46. The molecule has 60 valence electrons. The maximum absolute atomic E-state index is 11.1. The van der Waals surface area contributed by atoms with Gasteiger partial charge < -0.3 is 9.05 Å². The SMILES string of the molecule is CC#COP(C)(=O)OC#CC. The second-order valence-electron chi connectivity index (χ2n) is 1.66. The van der Waals surface area contributed by atoms with Crippen LogP contribution in [0.1, 0.15) is 13.8 Å². The fourth-order valence-corrected chi connectivity index (χ4v) is 0.827. The van der Waals surface area contributed by atoms with Crippen molar-refractivity contribution in [2.45, 2.75) is 13.8 Å². The van der Waals surface area contributed by atoms with E-state index < -0.39 is 7.60 Å². The van der Waals surface area contributed by atoms with Crippen LogP contribution in [-0.4, -0.2) is 6.66 Å². The summed E-state index contributed by atoms with van der Waals surface area (Å²) in [4.78, 5) is 0. The van der Waals surface area contributed by atoms with E-state index in [1.165, 1.54) is 6.66 Å². The third-order valence-electron chi connectivity index (χ3n) is 0.627. The van der Waals surface area contributed by atoms with Gasteiger partial charge in [0.25, 0.3) is 0 Å². The van der Waals surface area contributed by atoms with Gasteiger partial charge in [0, 0.05) is 13.8 Å². The summed E-state index contributed by atoms with van der Waals surface area (Å²) in [5.74, 6) is 4.86. The predicted molar refractivity (Wildman–Crippen MR) is 42.6 cm³/mol. The van der Waals surface area contributed by atoms with Gasteiger partial charge in [0.05, 0.1) is 6.66 Å². The first-order valence-electron chi connectivity index (χ1n) is 2.90. The lowest BCUT2D eigenvalue weighted by Crippen LogP contribution is -1.83. The molecule has 0 aromatic rings. The molecule has 4 heteroatoms. The first kappa shape index (κ1) is 9.95. The maximum Gasteiger partial charge on any atom is 0.444 e. The van der Waals surface area contributed by atoms with Crippen LogP contribution in [-0.2, 0) is 13.6 Å². The fraction of sp³-hybridized carbons (Fsp3) is 0.429. The minimum Gasteiger partial charge on any atom is -0.362 e. The summed E-state index contributed by atoms with van der Waals surface area (Å²) in [5, 5.41) is 0. The predicted octanol–water partition coefficient (Wildman–Crippen LogP) is 1.80. The van der Waals surface area contributed by atoms with Crippen molar-refractivity contribution in [1.29, 1.82) is 0 Å². The van der Waals surface area contributed by atoms with E-state index in [9.17, 15) is 4.57 Å². The van der Waals surface area contributed by atoms with Gasteiger partial charge in [-0.15, -0.1) is 0 Å². The molecule has 0 radical (unpaired) electrons. The molecule has 0 saturated carbocycles. The monoisotopic (exact) mass is 172 g/mol. The average Bonchev–Trinajstić information content (AvgIpc) is 1.97. The highest BCUT2D eigenvalue weighted by molar-refractivity contribution is 7.53. The van der Waals surface area contributed by atoms with Crippen molar-refractivity contribution in [1.82, 2.24) is 0 Å². The quantitative estimate of drug-likeness (QED) is 0.470. The van der Waals surface area contributed by atoms with Crippen LogP contribution in [0.5, 0.6) is 0 Å². The minimum atomic E-state index is -3.07. The summed E-state index contributed by atoms with van der Waals surface area (Å²) in [5.41, 5.74) is 0. The highest BCUT2D eigenvalue weighted by Gasteiger charge is 2.15. The van der Waals surface area contributed by atoms with E-state index >= 15 is 0 Å². The Kier molecular flexibility index (Phi) is 4.27. The van der Waals surface area contributed by atoms with Crippen LogP contribution in [0.3, 0.4) is 0 Å². The Labute approximate surface area is 66.6 Å². The van der Waals surface area contributed by atoms with Gasteiger partial charge in [-0.1, -0.05) is 11.8 Å². The second kappa shape index (κ2) is 4.72. The van der Waals surface area contributed by atoms with Gasteiger partial charge in [0.2, 0.25) is 0 Å². The molecule has 0 fully saturated rings. The molecule has 0 aliphatic heterocycles. The average molecular weight is 172 g/mol. The zero-order valence-electron chi connectivity index (χ0n) is 6.67. The fourth-order valence-electron chi connectivity index (χ4n) is 0.276. The van der Waals surface area contributed by atoms with E-state index in [-0.39, 0.29) is 0 Å². The van der Waals surface area contributed by atoms with E-state index in [1.54, 1.807) is 13.8 Å². The summed E-state index contributed by atoms with van der Waals surface area (Å²) in [6.07, 6.45) is 4.38. The standard InChI is InChI=1S/C7H9O3P/c1-4-6-9-11(3,8)10-7-5-2/h1-3H3. The largest absolute Gasteiger partial charge is 0.444 e. The van der Waals surface area contributed by atoms with Gasteiger partial charge in [-0.05, 0) is 0 Å². The Morgan fingerprint density at radius 1 is 1.09 bits per heavy atom. The Bertz CT molecular complexity index is 248. The minimum absolute atomic E-state index is 1.31. The van der Waals surface area contributed by atoms with Crippen molar-refractivity contribution in [2.75, 3.05) is 6.66 Å². The van der Waals surface area contributed by atoms with E-state index in [0.29, 0.717) is 0 Å². The van der Waals surface area contributed by atoms with Gasteiger partial charge in [0.1, 0.15) is 12.2 Å². The zero-order chi connectivity index (χ0) is 8.74. The Morgan fingerprint density at radius 3 is 1.73 bits per heavy atom. The van der Waals surface area contributed by atoms with E-state index in [2.05, 4.69) is 33.1 Å². The van der Waals surface area contributed by atoms with Gasteiger partial charge in [-0.2, -0.15) is 0 Å². The first-order valence-corrected chi connectivity index (χ1v) is 4.89. The molecule has 3 nitrogen and oxygen atoms in total. The van der Waals surface area contributed by atoms with Gasteiger partial charge in [-0.3, -0.25) is 0 Å². The molecule has 0 amide bonds. The molecule has 0 heterocycles. The molecule has 0 aliphatic rings. The van der Waals surface area contributed by atoms with Crippen molar-refractivity contribution < 1.29 is 13.6 Å². The lowest BCUT2D eigenvalue weighted by molar-refractivity contribution is 0.361. The number of rotatable bonds is 2. The van der Waals surface area contributed by atoms with E-state index in [4.69, 9.17) is 0 Å². The third kappa shape index (κ3) is 5.40. The lowest BCUT2D eigenvalue weighted by Gasteiger charge is -2.04. The summed E-state index contributed by atoms with van der Waals surface area (Å²) < 4.78 is 20.2. The molecule has 0 unspecified atom stereocenters. The molecule has 0 aromatic heterocycles. The van der Waals surface area contributed by atoms with Gasteiger partial charge in [-0.25, -0.2) is 4.57 Å². The molecule has 0 aromatic carbocycles. The molecule has 0 rings (SSSR count). The van der Waals surface area contributed by atoms with Crippen molar-refractivity contribution in [3.05, 3.63) is 0 Å². The van der Waals surface area contributed by atoms with Crippen molar-refractivity contribution in [2.24, 2.45) is 0 Å². The van der Waals surface area contributed by atoms with Crippen LogP contribution in [0.4, 0.5) is 0 Å². The van der Waals surface area contributed by atoms with Crippen LogP contribution in [0.25, 0.3) is 0 Å². The van der Waals surface area contributed by atoms with Crippen LogP contribution in [0, 0.1) is 24.1 Å². The summed E-state index contributed by atoms with van der Waals surface area (Å²) >= 11 is 0. The maximum atomic E-state index is 11.1. The molecule has 0 saturated heterocycles. The molecular formula is C7H9O3P. The highest BCUT2D eigenvalue weighted by atomic mass is 31.2. The lowest BCUT2D eigenvalue weighted by atomic mass is 10.8. The normalized spacial score (nSPS) is 8.27. The van der Waals surface area contributed by atoms with Crippen molar-refractivity contribution in [3.8, 4) is 24.1 Å². The Balaban J connectivity index is 4.04. The van der Waals surface area contributed by atoms with Crippen LogP contribution < -0.4 is 0 Å².